The molecule has 2 N–H and O–H groups in total. The lowest BCUT2D eigenvalue weighted by Crippen LogP contribution is -2.18. The zero-order chi connectivity index (χ0) is 13.0. The molecule has 2 atom stereocenters. The van der Waals surface area contributed by atoms with E-state index in [1.807, 2.05) is 25.5 Å². The van der Waals surface area contributed by atoms with Gasteiger partial charge in [-0.1, -0.05) is 18.5 Å². The van der Waals surface area contributed by atoms with Gasteiger partial charge in [0.1, 0.15) is 0 Å². The van der Waals surface area contributed by atoms with Crippen LogP contribution in [0.4, 0.5) is 0 Å². The van der Waals surface area contributed by atoms with E-state index in [0.29, 0.717) is 17.3 Å². The second-order valence-corrected chi connectivity index (χ2v) is 6.31. The van der Waals surface area contributed by atoms with Crippen molar-refractivity contribution in [1.29, 1.82) is 0 Å². The van der Waals surface area contributed by atoms with Gasteiger partial charge in [-0.15, -0.1) is 0 Å². The van der Waals surface area contributed by atoms with Crippen molar-refractivity contribution in [3.63, 3.8) is 0 Å². The van der Waals surface area contributed by atoms with Crippen molar-refractivity contribution in [1.82, 2.24) is 9.78 Å². The first-order valence-corrected chi connectivity index (χ1v) is 7.56. The quantitative estimate of drug-likeness (QED) is 0.863. The van der Waals surface area contributed by atoms with Crippen molar-refractivity contribution >= 4 is 22.4 Å². The zero-order valence-corrected chi connectivity index (χ0v) is 12.1. The third kappa shape index (κ3) is 3.53. The van der Waals surface area contributed by atoms with Crippen molar-refractivity contribution in [2.45, 2.75) is 44.7 Å². The molecule has 1 heterocycles. The number of aromatic nitrogens is 2. The summed E-state index contributed by atoms with van der Waals surface area (Å²) in [5, 5.41) is 5.05. The molecule has 0 aliphatic heterocycles. The minimum atomic E-state index is -0.950. The lowest BCUT2D eigenvalue weighted by molar-refractivity contribution is 0.624. The molecule has 98 valence electrons. The smallest absolute Gasteiger partial charge is 0.0856 e. The van der Waals surface area contributed by atoms with Crippen molar-refractivity contribution in [3.05, 3.63) is 16.4 Å². The molecule has 0 amide bonds. The number of nitrogens with zero attached hydrogens (tertiary/aromatic N) is 2. The Morgan fingerprint density at radius 3 is 2.76 bits per heavy atom. The number of rotatable bonds is 6. The van der Waals surface area contributed by atoms with Gasteiger partial charge in [-0.3, -0.25) is 8.89 Å². The summed E-state index contributed by atoms with van der Waals surface area (Å²) < 4.78 is 13.9. The standard InChI is InChI=1S/C11H20ClN3OS/c1-4-15-10(11(12)9(3)14-15)7-17(16)8(2)5-6-13/h8H,4-7,13H2,1-3H3. The average Bonchev–Trinajstić information content (AvgIpc) is 2.57. The van der Waals surface area contributed by atoms with E-state index in [9.17, 15) is 4.21 Å². The Kier molecular flexibility index (Phi) is 5.62. The highest BCUT2D eigenvalue weighted by atomic mass is 35.5. The third-order valence-electron chi connectivity index (χ3n) is 2.75. The van der Waals surface area contributed by atoms with Crippen LogP contribution in [0.25, 0.3) is 0 Å². The van der Waals surface area contributed by atoms with Gasteiger partial charge in [-0.25, -0.2) is 0 Å². The van der Waals surface area contributed by atoms with Crippen molar-refractivity contribution in [2.75, 3.05) is 6.54 Å². The molecule has 1 aromatic heterocycles. The molecular weight excluding hydrogens is 258 g/mol. The molecule has 1 aromatic rings. The highest BCUT2D eigenvalue weighted by Crippen LogP contribution is 2.22. The number of halogens is 1. The predicted molar refractivity (Wildman–Crippen MR) is 72.6 cm³/mol. The third-order valence-corrected chi connectivity index (χ3v) is 4.94. The molecule has 4 nitrogen and oxygen atoms in total. The first-order chi connectivity index (χ1) is 8.01. The van der Waals surface area contributed by atoms with Gasteiger partial charge in [-0.05, 0) is 26.8 Å². The Hall–Kier alpha value is -0.390. The highest BCUT2D eigenvalue weighted by Gasteiger charge is 2.18. The highest BCUT2D eigenvalue weighted by molar-refractivity contribution is 7.84. The van der Waals surface area contributed by atoms with Crippen LogP contribution in [0.5, 0.6) is 0 Å². The maximum atomic E-state index is 12.1. The minimum absolute atomic E-state index is 0.0941. The fraction of sp³-hybridized carbons (Fsp3) is 0.727. The van der Waals surface area contributed by atoms with Gasteiger partial charge in [0.05, 0.1) is 22.2 Å². The van der Waals surface area contributed by atoms with Crippen molar-refractivity contribution in [2.24, 2.45) is 5.73 Å². The van der Waals surface area contributed by atoms with Crippen LogP contribution in [-0.4, -0.2) is 25.8 Å². The first-order valence-electron chi connectivity index (χ1n) is 5.80. The summed E-state index contributed by atoms with van der Waals surface area (Å²) in [5.74, 6) is 0.453. The van der Waals surface area contributed by atoms with Crippen LogP contribution in [0, 0.1) is 6.92 Å². The number of aryl methyl sites for hydroxylation is 2. The van der Waals surface area contributed by atoms with Crippen LogP contribution in [0.1, 0.15) is 31.7 Å². The molecule has 0 radical (unpaired) electrons. The van der Waals surface area contributed by atoms with E-state index < -0.39 is 10.8 Å². The normalized spacial score (nSPS) is 14.9. The second kappa shape index (κ2) is 6.52. The average molecular weight is 278 g/mol. The molecule has 0 aromatic carbocycles. The van der Waals surface area contributed by atoms with Gasteiger partial charge < -0.3 is 5.73 Å². The van der Waals surface area contributed by atoms with Crippen LogP contribution >= 0.6 is 11.6 Å². The number of nitrogens with two attached hydrogens (primary N) is 1. The van der Waals surface area contributed by atoms with E-state index in [1.165, 1.54) is 0 Å². The molecule has 0 spiro atoms. The summed E-state index contributed by atoms with van der Waals surface area (Å²) in [4.78, 5) is 0. The van der Waals surface area contributed by atoms with Crippen molar-refractivity contribution < 1.29 is 4.21 Å². The molecular formula is C11H20ClN3OS. The largest absolute Gasteiger partial charge is 0.330 e. The molecule has 0 saturated carbocycles. The number of hydrogen-bond donors (Lipinski definition) is 1. The lowest BCUT2D eigenvalue weighted by atomic mass is 10.3. The monoisotopic (exact) mass is 277 g/mol. The Labute approximate surface area is 110 Å². The summed E-state index contributed by atoms with van der Waals surface area (Å²) in [7, 11) is -0.950. The van der Waals surface area contributed by atoms with Crippen LogP contribution in [0.15, 0.2) is 0 Å². The second-order valence-electron chi connectivity index (χ2n) is 4.07. The molecule has 6 heteroatoms. The molecule has 17 heavy (non-hydrogen) atoms. The Bertz CT molecular complexity index is 406. The van der Waals surface area contributed by atoms with Gasteiger partial charge in [-0.2, -0.15) is 5.10 Å². The summed E-state index contributed by atoms with van der Waals surface area (Å²) in [6.45, 7) is 7.12. The van der Waals surface area contributed by atoms with Gasteiger partial charge in [0.15, 0.2) is 0 Å². The first kappa shape index (κ1) is 14.7. The van der Waals surface area contributed by atoms with E-state index in [4.69, 9.17) is 17.3 Å². The van der Waals surface area contributed by atoms with Gasteiger partial charge in [0.25, 0.3) is 0 Å². The Balaban J connectivity index is 2.84. The topological polar surface area (TPSA) is 60.9 Å². The molecule has 0 saturated heterocycles. The SMILES string of the molecule is CCn1nc(C)c(Cl)c1CS(=O)C(C)CCN. The van der Waals surface area contributed by atoms with E-state index in [2.05, 4.69) is 5.10 Å². The van der Waals surface area contributed by atoms with Gasteiger partial charge >= 0.3 is 0 Å². The molecule has 1 rings (SSSR count). The van der Waals surface area contributed by atoms with Crippen molar-refractivity contribution in [3.8, 4) is 0 Å². The molecule has 2 unspecified atom stereocenters. The van der Waals surface area contributed by atoms with E-state index >= 15 is 0 Å². The van der Waals surface area contributed by atoms with Crippen LogP contribution in [-0.2, 0) is 23.1 Å². The van der Waals surface area contributed by atoms with Gasteiger partial charge in [0, 0.05) is 22.6 Å². The maximum absolute atomic E-state index is 12.1. The minimum Gasteiger partial charge on any atom is -0.330 e. The lowest BCUT2D eigenvalue weighted by Gasteiger charge is -2.11. The predicted octanol–water partition coefficient (Wildman–Crippen LogP) is 1.85. The van der Waals surface area contributed by atoms with Crippen LogP contribution in [0.3, 0.4) is 0 Å². The summed E-state index contributed by atoms with van der Waals surface area (Å²) >= 11 is 6.18. The molecule has 0 fully saturated rings. The zero-order valence-electron chi connectivity index (χ0n) is 10.6. The van der Waals surface area contributed by atoms with Crippen LogP contribution < -0.4 is 5.73 Å². The fourth-order valence-corrected chi connectivity index (χ4v) is 3.18. The number of hydrogen-bond acceptors (Lipinski definition) is 3. The van der Waals surface area contributed by atoms with E-state index in [-0.39, 0.29) is 5.25 Å². The maximum Gasteiger partial charge on any atom is 0.0856 e. The van der Waals surface area contributed by atoms with E-state index in [0.717, 1.165) is 24.4 Å². The summed E-state index contributed by atoms with van der Waals surface area (Å²) in [6.07, 6.45) is 0.767. The van der Waals surface area contributed by atoms with Gasteiger partial charge in [0.2, 0.25) is 0 Å². The van der Waals surface area contributed by atoms with Crippen LogP contribution in [0.2, 0.25) is 5.02 Å². The molecule has 0 aliphatic rings. The Morgan fingerprint density at radius 1 is 1.59 bits per heavy atom. The fourth-order valence-electron chi connectivity index (χ4n) is 1.65. The molecule has 0 aliphatic carbocycles. The summed E-state index contributed by atoms with van der Waals surface area (Å²) in [6, 6.07) is 0. The van der Waals surface area contributed by atoms with E-state index in [1.54, 1.807) is 0 Å². The Morgan fingerprint density at radius 2 is 2.24 bits per heavy atom. The molecule has 0 bridgehead atoms. The summed E-state index contributed by atoms with van der Waals surface area (Å²) in [5.41, 5.74) is 7.14.